The molecule has 0 bridgehead atoms. The van der Waals surface area contributed by atoms with Gasteiger partial charge in [0, 0.05) is 12.2 Å². The summed E-state index contributed by atoms with van der Waals surface area (Å²) in [7, 11) is 0. The molecule has 0 aromatic heterocycles. The molecule has 0 saturated carbocycles. The zero-order valence-corrected chi connectivity index (χ0v) is 9.72. The molecule has 78 valence electrons. The Morgan fingerprint density at radius 1 is 1.14 bits per heavy atom. The van der Waals surface area contributed by atoms with Crippen LogP contribution in [-0.4, -0.2) is 6.54 Å². The van der Waals surface area contributed by atoms with Gasteiger partial charge in [0.1, 0.15) is 0 Å². The maximum atomic E-state index is 3.47. The van der Waals surface area contributed by atoms with Gasteiger partial charge < -0.3 is 5.32 Å². The summed E-state index contributed by atoms with van der Waals surface area (Å²) >= 11 is 0. The Hall–Kier alpha value is -0.980. The number of rotatable bonds is 3. The van der Waals surface area contributed by atoms with E-state index in [-0.39, 0.29) is 0 Å². The van der Waals surface area contributed by atoms with Crippen LogP contribution in [0.1, 0.15) is 32.8 Å². The summed E-state index contributed by atoms with van der Waals surface area (Å²) in [5.74, 6) is 0. The molecule has 0 amide bonds. The molecule has 0 aliphatic rings. The van der Waals surface area contributed by atoms with Gasteiger partial charge in [0.2, 0.25) is 0 Å². The highest BCUT2D eigenvalue weighted by atomic mass is 14.9. The quantitative estimate of drug-likeness (QED) is 0.765. The van der Waals surface area contributed by atoms with E-state index in [4.69, 9.17) is 0 Å². The van der Waals surface area contributed by atoms with Crippen molar-refractivity contribution in [3.05, 3.63) is 29.8 Å². The summed E-state index contributed by atoms with van der Waals surface area (Å²) in [4.78, 5) is 0. The standard InChI is InChI=1S/C13H21N/c1-11-7-5-6-8-12(11)14-10-9-13(2,3)4/h5-8,14H,9-10H2,1-4H3. The van der Waals surface area contributed by atoms with Crippen molar-refractivity contribution in [1.29, 1.82) is 0 Å². The van der Waals surface area contributed by atoms with Gasteiger partial charge in [-0.15, -0.1) is 0 Å². The fourth-order valence-electron chi connectivity index (χ4n) is 1.34. The van der Waals surface area contributed by atoms with Crippen LogP contribution in [0.5, 0.6) is 0 Å². The van der Waals surface area contributed by atoms with E-state index in [9.17, 15) is 0 Å². The van der Waals surface area contributed by atoms with Crippen molar-refractivity contribution >= 4 is 5.69 Å². The second-order valence-corrected chi connectivity index (χ2v) is 5.05. The lowest BCUT2D eigenvalue weighted by molar-refractivity contribution is 0.390. The highest BCUT2D eigenvalue weighted by molar-refractivity contribution is 5.50. The van der Waals surface area contributed by atoms with Crippen molar-refractivity contribution in [2.75, 3.05) is 11.9 Å². The van der Waals surface area contributed by atoms with E-state index >= 15 is 0 Å². The van der Waals surface area contributed by atoms with Crippen molar-refractivity contribution in [2.24, 2.45) is 5.41 Å². The van der Waals surface area contributed by atoms with E-state index in [0.717, 1.165) is 6.54 Å². The van der Waals surface area contributed by atoms with Gasteiger partial charge in [-0.2, -0.15) is 0 Å². The van der Waals surface area contributed by atoms with Crippen molar-refractivity contribution in [2.45, 2.75) is 34.1 Å². The van der Waals surface area contributed by atoms with Gasteiger partial charge in [-0.05, 0) is 30.4 Å². The van der Waals surface area contributed by atoms with E-state index < -0.39 is 0 Å². The average molecular weight is 191 g/mol. The van der Waals surface area contributed by atoms with Gasteiger partial charge in [0.05, 0.1) is 0 Å². The van der Waals surface area contributed by atoms with Gasteiger partial charge in [-0.25, -0.2) is 0 Å². The highest BCUT2D eigenvalue weighted by Gasteiger charge is 2.08. The maximum Gasteiger partial charge on any atom is 0.0369 e. The number of aryl methyl sites for hydroxylation is 1. The summed E-state index contributed by atoms with van der Waals surface area (Å²) in [6.07, 6.45) is 1.20. The molecule has 1 rings (SSSR count). The van der Waals surface area contributed by atoms with Crippen molar-refractivity contribution < 1.29 is 0 Å². The molecular formula is C13H21N. The van der Waals surface area contributed by atoms with Crippen molar-refractivity contribution in [1.82, 2.24) is 0 Å². The Balaban J connectivity index is 2.43. The highest BCUT2D eigenvalue weighted by Crippen LogP contribution is 2.19. The first-order valence-corrected chi connectivity index (χ1v) is 5.28. The van der Waals surface area contributed by atoms with Crippen molar-refractivity contribution in [3.63, 3.8) is 0 Å². The van der Waals surface area contributed by atoms with Gasteiger partial charge >= 0.3 is 0 Å². The minimum absolute atomic E-state index is 0.412. The van der Waals surface area contributed by atoms with E-state index in [2.05, 4.69) is 57.3 Å². The van der Waals surface area contributed by atoms with Crippen LogP contribution in [0, 0.1) is 12.3 Å². The summed E-state index contributed by atoms with van der Waals surface area (Å²) < 4.78 is 0. The van der Waals surface area contributed by atoms with Crippen LogP contribution in [0.2, 0.25) is 0 Å². The van der Waals surface area contributed by atoms with Gasteiger partial charge in [-0.3, -0.25) is 0 Å². The average Bonchev–Trinajstić information content (AvgIpc) is 2.06. The maximum absolute atomic E-state index is 3.47. The van der Waals surface area contributed by atoms with Crippen LogP contribution in [0.3, 0.4) is 0 Å². The van der Waals surface area contributed by atoms with Crippen LogP contribution < -0.4 is 5.32 Å². The Morgan fingerprint density at radius 3 is 2.36 bits per heavy atom. The second kappa shape index (κ2) is 4.50. The third-order valence-electron chi connectivity index (χ3n) is 2.34. The fraction of sp³-hybridized carbons (Fsp3) is 0.538. The minimum atomic E-state index is 0.412. The lowest BCUT2D eigenvalue weighted by Gasteiger charge is -2.19. The van der Waals surface area contributed by atoms with Crippen LogP contribution in [0.15, 0.2) is 24.3 Å². The topological polar surface area (TPSA) is 12.0 Å². The van der Waals surface area contributed by atoms with E-state index in [1.54, 1.807) is 0 Å². The van der Waals surface area contributed by atoms with Crippen molar-refractivity contribution in [3.8, 4) is 0 Å². The summed E-state index contributed by atoms with van der Waals surface area (Å²) in [5.41, 5.74) is 2.99. The third kappa shape index (κ3) is 3.82. The summed E-state index contributed by atoms with van der Waals surface area (Å²) in [6.45, 7) is 10.00. The predicted octanol–water partition coefficient (Wildman–Crippen LogP) is 3.84. The lowest BCUT2D eigenvalue weighted by atomic mass is 9.92. The number of para-hydroxylation sites is 1. The van der Waals surface area contributed by atoms with E-state index in [1.807, 2.05) is 0 Å². The van der Waals surface area contributed by atoms with Crippen LogP contribution in [0.4, 0.5) is 5.69 Å². The summed E-state index contributed by atoms with van der Waals surface area (Å²) in [5, 5.41) is 3.47. The van der Waals surface area contributed by atoms with E-state index in [1.165, 1.54) is 17.7 Å². The Morgan fingerprint density at radius 2 is 1.79 bits per heavy atom. The molecule has 1 nitrogen and oxygen atoms in total. The third-order valence-corrected chi connectivity index (χ3v) is 2.34. The monoisotopic (exact) mass is 191 g/mol. The molecule has 0 unspecified atom stereocenters. The second-order valence-electron chi connectivity index (χ2n) is 5.05. The molecule has 1 N–H and O–H groups in total. The molecule has 0 atom stereocenters. The number of benzene rings is 1. The number of hydrogen-bond acceptors (Lipinski definition) is 1. The molecular weight excluding hydrogens is 170 g/mol. The van der Waals surface area contributed by atoms with Crippen LogP contribution in [-0.2, 0) is 0 Å². The molecule has 0 heterocycles. The number of anilines is 1. The normalized spacial score (nSPS) is 11.4. The smallest absolute Gasteiger partial charge is 0.0369 e. The zero-order valence-electron chi connectivity index (χ0n) is 9.72. The minimum Gasteiger partial charge on any atom is -0.385 e. The molecule has 14 heavy (non-hydrogen) atoms. The molecule has 0 saturated heterocycles. The first-order chi connectivity index (χ1) is 6.49. The fourth-order valence-corrected chi connectivity index (χ4v) is 1.34. The molecule has 1 aromatic rings. The van der Waals surface area contributed by atoms with E-state index in [0.29, 0.717) is 5.41 Å². The van der Waals surface area contributed by atoms with Gasteiger partial charge in [0.25, 0.3) is 0 Å². The first kappa shape index (κ1) is 11.1. The summed E-state index contributed by atoms with van der Waals surface area (Å²) in [6, 6.07) is 8.42. The largest absolute Gasteiger partial charge is 0.385 e. The van der Waals surface area contributed by atoms with Crippen LogP contribution in [0.25, 0.3) is 0 Å². The molecule has 0 radical (unpaired) electrons. The molecule has 0 spiro atoms. The number of nitrogens with one attached hydrogen (secondary N) is 1. The molecule has 0 aliphatic carbocycles. The molecule has 1 heteroatoms. The predicted molar refractivity (Wildman–Crippen MR) is 63.7 cm³/mol. The Bertz CT molecular complexity index is 284. The number of hydrogen-bond donors (Lipinski definition) is 1. The Labute approximate surface area is 87.5 Å². The molecule has 1 aromatic carbocycles. The molecule has 0 aliphatic heterocycles. The zero-order chi connectivity index (χ0) is 10.6. The Kier molecular flexibility index (Phi) is 3.56. The first-order valence-electron chi connectivity index (χ1n) is 5.28. The molecule has 0 fully saturated rings. The lowest BCUT2D eigenvalue weighted by Crippen LogP contribution is -2.13. The van der Waals surface area contributed by atoms with Gasteiger partial charge in [0.15, 0.2) is 0 Å². The van der Waals surface area contributed by atoms with Gasteiger partial charge in [-0.1, -0.05) is 39.0 Å². The SMILES string of the molecule is Cc1ccccc1NCCC(C)(C)C. The van der Waals surface area contributed by atoms with Crippen LogP contribution >= 0.6 is 0 Å².